The Morgan fingerprint density at radius 2 is 1.71 bits per heavy atom. The molecule has 0 bridgehead atoms. The van der Waals surface area contributed by atoms with Crippen molar-refractivity contribution >= 4 is 5.78 Å². The van der Waals surface area contributed by atoms with Crippen molar-refractivity contribution in [3.63, 3.8) is 0 Å². The van der Waals surface area contributed by atoms with Crippen molar-refractivity contribution in [2.45, 2.75) is 69.4 Å². The highest BCUT2D eigenvalue weighted by molar-refractivity contribution is 6.00. The Balaban J connectivity index is 1.44. The lowest BCUT2D eigenvalue weighted by molar-refractivity contribution is 0.0949. The second-order valence-electron chi connectivity index (χ2n) is 7.22. The highest BCUT2D eigenvalue weighted by atomic mass is 16.1. The molecule has 4 rings (SSSR count). The molecule has 2 saturated carbocycles. The Hall–Kier alpha value is -1.15. The Morgan fingerprint density at radius 1 is 0.952 bits per heavy atom. The van der Waals surface area contributed by atoms with Gasteiger partial charge in [0.1, 0.15) is 0 Å². The fourth-order valence-corrected chi connectivity index (χ4v) is 4.38. The molecule has 2 aliphatic carbocycles. The second-order valence-corrected chi connectivity index (χ2v) is 7.22. The van der Waals surface area contributed by atoms with E-state index in [0.717, 1.165) is 23.8 Å². The summed E-state index contributed by atoms with van der Waals surface area (Å²) < 4.78 is 0. The van der Waals surface area contributed by atoms with E-state index in [9.17, 15) is 4.79 Å². The molecule has 1 saturated heterocycles. The number of rotatable bonds is 3. The van der Waals surface area contributed by atoms with Crippen LogP contribution in [-0.2, 0) is 0 Å². The average molecular weight is 283 g/mol. The van der Waals surface area contributed by atoms with E-state index < -0.39 is 0 Å². The Labute approximate surface area is 127 Å². The summed E-state index contributed by atoms with van der Waals surface area (Å²) in [7, 11) is 0. The van der Waals surface area contributed by atoms with Gasteiger partial charge in [0, 0.05) is 11.6 Å². The fourth-order valence-electron chi connectivity index (χ4n) is 4.38. The molecular formula is C19H25NO. The van der Waals surface area contributed by atoms with Crippen molar-refractivity contribution in [3.8, 4) is 0 Å². The molecular weight excluding hydrogens is 258 g/mol. The summed E-state index contributed by atoms with van der Waals surface area (Å²) >= 11 is 0. The van der Waals surface area contributed by atoms with Crippen LogP contribution in [0.2, 0.25) is 0 Å². The molecule has 0 spiro atoms. The maximum Gasteiger partial charge on any atom is 0.179 e. The van der Waals surface area contributed by atoms with E-state index in [2.05, 4.69) is 29.6 Å². The number of benzene rings is 1. The SMILES string of the molecule is O=C(c1ccc(C2CCC2)cc1)C1CC2CCCCC2N1. The van der Waals surface area contributed by atoms with Crippen molar-refractivity contribution in [1.29, 1.82) is 0 Å². The van der Waals surface area contributed by atoms with Gasteiger partial charge >= 0.3 is 0 Å². The smallest absolute Gasteiger partial charge is 0.179 e. The summed E-state index contributed by atoms with van der Waals surface area (Å²) in [5.41, 5.74) is 2.32. The third kappa shape index (κ3) is 2.55. The summed E-state index contributed by atoms with van der Waals surface area (Å²) in [5, 5.41) is 3.60. The van der Waals surface area contributed by atoms with E-state index in [1.165, 1.54) is 50.5 Å². The molecule has 2 nitrogen and oxygen atoms in total. The number of Topliss-reactive ketones (excluding diaryl/α,β-unsaturated/α-hetero) is 1. The number of carbonyl (C=O) groups excluding carboxylic acids is 1. The van der Waals surface area contributed by atoms with E-state index in [-0.39, 0.29) is 6.04 Å². The number of carbonyl (C=O) groups is 1. The van der Waals surface area contributed by atoms with Crippen LogP contribution in [0.5, 0.6) is 0 Å². The molecule has 1 aromatic carbocycles. The minimum Gasteiger partial charge on any atom is -0.304 e. The van der Waals surface area contributed by atoms with E-state index in [1.54, 1.807) is 0 Å². The summed E-state index contributed by atoms with van der Waals surface area (Å²) in [6.07, 6.45) is 10.3. The summed E-state index contributed by atoms with van der Waals surface area (Å²) in [4.78, 5) is 12.7. The molecule has 1 aromatic rings. The van der Waals surface area contributed by atoms with Gasteiger partial charge in [0.15, 0.2) is 5.78 Å². The van der Waals surface area contributed by atoms with Gasteiger partial charge in [0.05, 0.1) is 6.04 Å². The first-order chi connectivity index (χ1) is 10.3. The number of hydrogen-bond acceptors (Lipinski definition) is 2. The molecule has 1 aliphatic heterocycles. The predicted molar refractivity (Wildman–Crippen MR) is 84.7 cm³/mol. The largest absolute Gasteiger partial charge is 0.304 e. The molecule has 0 aromatic heterocycles. The van der Waals surface area contributed by atoms with Gasteiger partial charge in [-0.25, -0.2) is 0 Å². The minimum absolute atomic E-state index is 0.0626. The first-order valence-corrected chi connectivity index (χ1v) is 8.71. The molecule has 3 fully saturated rings. The third-order valence-corrected chi connectivity index (χ3v) is 5.95. The maximum absolute atomic E-state index is 12.7. The summed E-state index contributed by atoms with van der Waals surface area (Å²) in [6, 6.07) is 9.13. The van der Waals surface area contributed by atoms with Crippen LogP contribution >= 0.6 is 0 Å². The zero-order chi connectivity index (χ0) is 14.2. The van der Waals surface area contributed by atoms with Gasteiger partial charge < -0.3 is 5.32 Å². The van der Waals surface area contributed by atoms with Crippen LogP contribution in [0.15, 0.2) is 24.3 Å². The monoisotopic (exact) mass is 283 g/mol. The van der Waals surface area contributed by atoms with E-state index >= 15 is 0 Å². The fraction of sp³-hybridized carbons (Fsp3) is 0.632. The second kappa shape index (κ2) is 5.57. The number of nitrogens with one attached hydrogen (secondary N) is 1. The molecule has 112 valence electrons. The van der Waals surface area contributed by atoms with Crippen molar-refractivity contribution in [3.05, 3.63) is 35.4 Å². The molecule has 3 aliphatic rings. The van der Waals surface area contributed by atoms with Crippen LogP contribution < -0.4 is 5.32 Å². The lowest BCUT2D eigenvalue weighted by Gasteiger charge is -2.25. The van der Waals surface area contributed by atoms with Crippen LogP contribution in [-0.4, -0.2) is 17.9 Å². The van der Waals surface area contributed by atoms with Crippen LogP contribution in [0.3, 0.4) is 0 Å². The highest BCUT2D eigenvalue weighted by Crippen LogP contribution is 2.37. The lowest BCUT2D eigenvalue weighted by atomic mass is 9.80. The van der Waals surface area contributed by atoms with Gasteiger partial charge in [0.25, 0.3) is 0 Å². The lowest BCUT2D eigenvalue weighted by Crippen LogP contribution is -2.37. The molecule has 2 heteroatoms. The van der Waals surface area contributed by atoms with Crippen molar-refractivity contribution < 1.29 is 4.79 Å². The van der Waals surface area contributed by atoms with Gasteiger partial charge in [-0.15, -0.1) is 0 Å². The molecule has 21 heavy (non-hydrogen) atoms. The highest BCUT2D eigenvalue weighted by Gasteiger charge is 2.38. The molecule has 0 radical (unpaired) electrons. The number of fused-ring (bicyclic) bond motifs is 1. The third-order valence-electron chi connectivity index (χ3n) is 5.95. The van der Waals surface area contributed by atoms with Crippen molar-refractivity contribution in [2.75, 3.05) is 0 Å². The van der Waals surface area contributed by atoms with Crippen molar-refractivity contribution in [2.24, 2.45) is 5.92 Å². The normalized spacial score (nSPS) is 32.5. The quantitative estimate of drug-likeness (QED) is 0.848. The van der Waals surface area contributed by atoms with Gasteiger partial charge in [-0.05, 0) is 49.5 Å². The Bertz CT molecular complexity index is 503. The molecule has 1 N–H and O–H groups in total. The number of ketones is 1. The van der Waals surface area contributed by atoms with Gasteiger partial charge in [-0.1, -0.05) is 43.5 Å². The van der Waals surface area contributed by atoms with Gasteiger partial charge in [-0.2, -0.15) is 0 Å². The van der Waals surface area contributed by atoms with Crippen molar-refractivity contribution in [1.82, 2.24) is 5.32 Å². The first kappa shape index (κ1) is 13.5. The zero-order valence-electron chi connectivity index (χ0n) is 12.7. The Kier molecular flexibility index (Phi) is 3.58. The van der Waals surface area contributed by atoms with E-state index in [1.807, 2.05) is 0 Å². The maximum atomic E-state index is 12.7. The average Bonchev–Trinajstić information content (AvgIpc) is 2.89. The van der Waals surface area contributed by atoms with Gasteiger partial charge in [0.2, 0.25) is 0 Å². The van der Waals surface area contributed by atoms with Crippen LogP contribution in [0.25, 0.3) is 0 Å². The van der Waals surface area contributed by atoms with Crippen LogP contribution in [0.4, 0.5) is 0 Å². The standard InChI is InChI=1S/C19H25NO/c21-19(18-12-16-4-1-2-7-17(16)20-18)15-10-8-14(9-11-15)13-5-3-6-13/h8-11,13,16-18,20H,1-7,12H2. The van der Waals surface area contributed by atoms with E-state index in [0.29, 0.717) is 11.8 Å². The van der Waals surface area contributed by atoms with E-state index in [4.69, 9.17) is 0 Å². The molecule has 1 heterocycles. The first-order valence-electron chi connectivity index (χ1n) is 8.71. The van der Waals surface area contributed by atoms with Crippen LogP contribution in [0, 0.1) is 5.92 Å². The Morgan fingerprint density at radius 3 is 2.38 bits per heavy atom. The molecule has 3 atom stereocenters. The van der Waals surface area contributed by atoms with Gasteiger partial charge in [-0.3, -0.25) is 4.79 Å². The zero-order valence-corrected chi connectivity index (χ0v) is 12.7. The predicted octanol–water partition coefficient (Wildman–Crippen LogP) is 4.06. The topological polar surface area (TPSA) is 29.1 Å². The molecule has 3 unspecified atom stereocenters. The minimum atomic E-state index is 0.0626. The summed E-state index contributed by atoms with van der Waals surface area (Å²) in [6.45, 7) is 0. The summed E-state index contributed by atoms with van der Waals surface area (Å²) in [5.74, 6) is 1.80. The van der Waals surface area contributed by atoms with Crippen LogP contribution in [0.1, 0.15) is 73.2 Å². The number of hydrogen-bond donors (Lipinski definition) is 1. The molecule has 0 amide bonds.